The molecular weight excluding hydrogens is 342 g/mol. The van der Waals surface area contributed by atoms with Gasteiger partial charge in [-0.3, -0.25) is 9.36 Å². The summed E-state index contributed by atoms with van der Waals surface area (Å²) in [6, 6.07) is 10.7. The van der Waals surface area contributed by atoms with E-state index in [1.54, 1.807) is 6.33 Å². The van der Waals surface area contributed by atoms with E-state index in [1.807, 2.05) is 16.9 Å². The van der Waals surface area contributed by atoms with Crippen molar-refractivity contribution >= 4 is 21.6 Å². The Labute approximate surface area is 158 Å². The van der Waals surface area contributed by atoms with E-state index in [0.717, 1.165) is 41.8 Å². The molecule has 0 amide bonds. The van der Waals surface area contributed by atoms with Crippen LogP contribution < -0.4 is 5.56 Å². The highest BCUT2D eigenvalue weighted by molar-refractivity contribution is 7.17. The average Bonchev–Trinajstić information content (AvgIpc) is 3.05. The minimum atomic E-state index is 0.120. The summed E-state index contributed by atoms with van der Waals surface area (Å²) >= 11 is 1.52. The van der Waals surface area contributed by atoms with Gasteiger partial charge in [-0.15, -0.1) is 11.3 Å². The maximum absolute atomic E-state index is 12.7. The Morgan fingerprint density at radius 1 is 1.27 bits per heavy atom. The van der Waals surface area contributed by atoms with Crippen molar-refractivity contribution in [3.63, 3.8) is 0 Å². The summed E-state index contributed by atoms with van der Waals surface area (Å²) in [7, 11) is 0. The molecule has 0 radical (unpaired) electrons. The van der Waals surface area contributed by atoms with E-state index in [4.69, 9.17) is 0 Å². The lowest BCUT2D eigenvalue weighted by Gasteiger charge is -2.33. The smallest absolute Gasteiger partial charge is 0.271 e. The van der Waals surface area contributed by atoms with Crippen LogP contribution in [0.2, 0.25) is 0 Å². The first-order valence-electron chi connectivity index (χ1n) is 9.40. The van der Waals surface area contributed by atoms with Crippen molar-refractivity contribution in [3.8, 4) is 0 Å². The van der Waals surface area contributed by atoms with Crippen molar-refractivity contribution in [1.29, 1.82) is 0 Å². The minimum Gasteiger partial charge on any atom is -0.303 e. The van der Waals surface area contributed by atoms with Crippen LogP contribution in [0.25, 0.3) is 10.2 Å². The fourth-order valence-electron chi connectivity index (χ4n) is 3.90. The molecule has 26 heavy (non-hydrogen) atoms. The third-order valence-electron chi connectivity index (χ3n) is 5.34. The molecule has 0 saturated carbocycles. The van der Waals surface area contributed by atoms with Gasteiger partial charge in [0.15, 0.2) is 0 Å². The van der Waals surface area contributed by atoms with Gasteiger partial charge in [-0.25, -0.2) is 4.98 Å². The Morgan fingerprint density at radius 2 is 2.12 bits per heavy atom. The van der Waals surface area contributed by atoms with Crippen LogP contribution in [0.4, 0.5) is 0 Å². The van der Waals surface area contributed by atoms with Gasteiger partial charge in [0, 0.05) is 19.6 Å². The van der Waals surface area contributed by atoms with Crippen molar-refractivity contribution in [2.24, 2.45) is 5.92 Å². The van der Waals surface area contributed by atoms with Crippen molar-refractivity contribution in [3.05, 3.63) is 63.5 Å². The zero-order chi connectivity index (χ0) is 17.9. The van der Waals surface area contributed by atoms with E-state index < -0.39 is 0 Å². The molecule has 1 fully saturated rings. The zero-order valence-electron chi connectivity index (χ0n) is 15.2. The molecule has 136 valence electrons. The fourth-order valence-corrected chi connectivity index (χ4v) is 4.85. The van der Waals surface area contributed by atoms with Gasteiger partial charge in [0.2, 0.25) is 0 Å². The molecule has 1 aliphatic heterocycles. The minimum absolute atomic E-state index is 0.120. The highest BCUT2D eigenvalue weighted by Gasteiger charge is 2.21. The molecule has 0 aliphatic carbocycles. The third kappa shape index (κ3) is 3.74. The average molecular weight is 368 g/mol. The summed E-state index contributed by atoms with van der Waals surface area (Å²) in [5, 5.41) is 2.02. The second kappa shape index (κ2) is 7.72. The molecule has 4 rings (SSSR count). The predicted molar refractivity (Wildman–Crippen MR) is 108 cm³/mol. The lowest BCUT2D eigenvalue weighted by Crippen LogP contribution is -2.39. The van der Waals surface area contributed by atoms with Gasteiger partial charge in [0.1, 0.15) is 4.70 Å². The summed E-state index contributed by atoms with van der Waals surface area (Å²) < 4.78 is 2.62. The summed E-state index contributed by atoms with van der Waals surface area (Å²) in [6.45, 7) is 6.12. The molecule has 3 heterocycles. The first-order valence-corrected chi connectivity index (χ1v) is 10.3. The number of likely N-dealkylation sites (tertiary alicyclic amines) is 1. The van der Waals surface area contributed by atoms with Crippen LogP contribution in [-0.2, 0) is 13.0 Å². The maximum Gasteiger partial charge on any atom is 0.271 e. The van der Waals surface area contributed by atoms with E-state index in [0.29, 0.717) is 5.92 Å². The molecule has 0 spiro atoms. The number of thiophene rings is 1. The molecule has 1 saturated heterocycles. The van der Waals surface area contributed by atoms with E-state index in [-0.39, 0.29) is 5.56 Å². The zero-order valence-corrected chi connectivity index (χ0v) is 16.0. The number of benzene rings is 1. The summed E-state index contributed by atoms with van der Waals surface area (Å²) in [5.41, 5.74) is 3.48. The van der Waals surface area contributed by atoms with Crippen molar-refractivity contribution in [2.75, 3.05) is 19.6 Å². The summed E-state index contributed by atoms with van der Waals surface area (Å²) in [4.78, 5) is 19.8. The molecule has 0 bridgehead atoms. The standard InChI is InChI=1S/C21H25N3OS/c1-16-14-26-20-19(16)22-15-24(21(20)25)13-18-8-5-10-23(12-18)11-9-17-6-3-2-4-7-17/h2-4,6-7,14-15,18H,5,8-13H2,1H3/t18-/m1/s1. The number of nitrogens with zero attached hydrogens (tertiary/aromatic N) is 3. The van der Waals surface area contributed by atoms with Gasteiger partial charge in [-0.2, -0.15) is 0 Å². The van der Waals surface area contributed by atoms with Crippen LogP contribution in [0.5, 0.6) is 0 Å². The van der Waals surface area contributed by atoms with E-state index in [9.17, 15) is 4.79 Å². The third-order valence-corrected chi connectivity index (χ3v) is 6.42. The quantitative estimate of drug-likeness (QED) is 0.690. The van der Waals surface area contributed by atoms with Crippen LogP contribution >= 0.6 is 11.3 Å². The fraction of sp³-hybridized carbons (Fsp3) is 0.429. The Morgan fingerprint density at radius 3 is 2.96 bits per heavy atom. The Bertz CT molecular complexity index is 931. The lowest BCUT2D eigenvalue weighted by molar-refractivity contribution is 0.163. The maximum atomic E-state index is 12.7. The highest BCUT2D eigenvalue weighted by atomic mass is 32.1. The van der Waals surface area contributed by atoms with E-state index >= 15 is 0 Å². The summed E-state index contributed by atoms with van der Waals surface area (Å²) in [5.74, 6) is 0.525. The van der Waals surface area contributed by atoms with Crippen LogP contribution in [0.3, 0.4) is 0 Å². The second-order valence-corrected chi connectivity index (χ2v) is 8.22. The molecule has 5 heteroatoms. The number of aromatic nitrogens is 2. The van der Waals surface area contributed by atoms with Gasteiger partial charge >= 0.3 is 0 Å². The van der Waals surface area contributed by atoms with Crippen molar-refractivity contribution in [2.45, 2.75) is 32.7 Å². The monoisotopic (exact) mass is 367 g/mol. The molecule has 2 aromatic heterocycles. The normalized spacial score (nSPS) is 18.4. The molecule has 0 unspecified atom stereocenters. The van der Waals surface area contributed by atoms with Crippen LogP contribution in [0, 0.1) is 12.8 Å². The molecule has 3 aromatic rings. The highest BCUT2D eigenvalue weighted by Crippen LogP contribution is 2.21. The van der Waals surface area contributed by atoms with Crippen LogP contribution in [0.15, 0.2) is 46.8 Å². The summed E-state index contributed by atoms with van der Waals surface area (Å²) in [6.07, 6.45) is 5.24. The van der Waals surface area contributed by atoms with E-state index in [1.165, 1.54) is 36.3 Å². The molecule has 1 aliphatic rings. The van der Waals surface area contributed by atoms with Crippen molar-refractivity contribution in [1.82, 2.24) is 14.5 Å². The number of piperidine rings is 1. The Kier molecular flexibility index (Phi) is 5.18. The van der Waals surface area contributed by atoms with Crippen LogP contribution in [-0.4, -0.2) is 34.1 Å². The SMILES string of the molecule is Cc1csc2c(=O)n(C[C@@H]3CCCN(CCc4ccccc4)C3)cnc12. The first-order chi connectivity index (χ1) is 12.7. The number of aryl methyl sites for hydroxylation is 1. The van der Waals surface area contributed by atoms with Gasteiger partial charge < -0.3 is 4.90 Å². The first kappa shape index (κ1) is 17.4. The van der Waals surface area contributed by atoms with Gasteiger partial charge in [0.05, 0.1) is 11.8 Å². The molecule has 1 aromatic carbocycles. The second-order valence-electron chi connectivity index (χ2n) is 7.34. The molecule has 1 atom stereocenters. The largest absolute Gasteiger partial charge is 0.303 e. The van der Waals surface area contributed by atoms with Gasteiger partial charge in [-0.1, -0.05) is 30.3 Å². The Hall–Kier alpha value is -1.98. The Balaban J connectivity index is 1.40. The number of hydrogen-bond donors (Lipinski definition) is 0. The lowest BCUT2D eigenvalue weighted by atomic mass is 9.97. The molecule has 4 nitrogen and oxygen atoms in total. The number of fused-ring (bicyclic) bond motifs is 1. The topological polar surface area (TPSA) is 38.1 Å². The molecule has 0 N–H and O–H groups in total. The van der Waals surface area contributed by atoms with Crippen LogP contribution in [0.1, 0.15) is 24.0 Å². The van der Waals surface area contributed by atoms with Gasteiger partial charge in [0.25, 0.3) is 5.56 Å². The van der Waals surface area contributed by atoms with Gasteiger partial charge in [-0.05, 0) is 55.2 Å². The van der Waals surface area contributed by atoms with Crippen molar-refractivity contribution < 1.29 is 0 Å². The predicted octanol–water partition coefficient (Wildman–Crippen LogP) is 3.72. The number of rotatable bonds is 5. The molecular formula is C21H25N3OS. The number of hydrogen-bond acceptors (Lipinski definition) is 4. The van der Waals surface area contributed by atoms with E-state index in [2.05, 4.69) is 40.2 Å².